The fraction of sp³-hybridized carbons (Fsp3) is 0.667. The fourth-order valence-corrected chi connectivity index (χ4v) is 1.87. The standard InChI is InChI=1S/C9H15N5O4/c1-2-17-12-3-4-13(7(5-12)9(15)16)14-6-8(10)18-11-14/h6-7H,2-5H2,1H3,(H2-,10,11,15,16)/p+1. The van der Waals surface area contributed by atoms with Crippen LogP contribution in [0.1, 0.15) is 6.92 Å². The number of hydroxylamine groups is 2. The van der Waals surface area contributed by atoms with Crippen molar-refractivity contribution in [3.8, 4) is 0 Å². The van der Waals surface area contributed by atoms with Crippen LogP contribution in [-0.2, 0) is 9.63 Å². The van der Waals surface area contributed by atoms with Crippen LogP contribution in [0.4, 0.5) is 5.88 Å². The van der Waals surface area contributed by atoms with Crippen molar-refractivity contribution in [1.82, 2.24) is 10.3 Å². The molecule has 2 heterocycles. The van der Waals surface area contributed by atoms with Gasteiger partial charge in [-0.2, -0.15) is 5.06 Å². The molecule has 1 unspecified atom stereocenters. The van der Waals surface area contributed by atoms with Crippen molar-refractivity contribution in [2.45, 2.75) is 13.0 Å². The molecule has 0 amide bonds. The number of aliphatic carboxylic acids is 1. The average molecular weight is 258 g/mol. The summed E-state index contributed by atoms with van der Waals surface area (Å²) in [6, 6.07) is -0.764. The Hall–Kier alpha value is -1.87. The van der Waals surface area contributed by atoms with E-state index in [2.05, 4.69) is 5.27 Å². The molecule has 2 rings (SSSR count). The molecule has 0 aliphatic carbocycles. The first kappa shape index (κ1) is 12.6. The largest absolute Gasteiger partial charge is 0.480 e. The van der Waals surface area contributed by atoms with Crippen LogP contribution in [0.5, 0.6) is 0 Å². The number of carboxylic acids is 1. The Morgan fingerprint density at radius 1 is 1.78 bits per heavy atom. The van der Waals surface area contributed by atoms with E-state index in [0.717, 1.165) is 0 Å². The molecule has 18 heavy (non-hydrogen) atoms. The summed E-state index contributed by atoms with van der Waals surface area (Å²) in [7, 11) is 0. The van der Waals surface area contributed by atoms with Gasteiger partial charge < -0.3 is 10.8 Å². The lowest BCUT2D eigenvalue weighted by Crippen LogP contribution is -2.71. The molecule has 0 bridgehead atoms. The number of nitrogens with two attached hydrogens (primary N) is 1. The molecule has 0 aromatic carbocycles. The van der Waals surface area contributed by atoms with Gasteiger partial charge in [0.25, 0.3) is 12.1 Å². The van der Waals surface area contributed by atoms with Gasteiger partial charge in [-0.15, -0.1) is 5.01 Å². The lowest BCUT2D eigenvalue weighted by molar-refractivity contribution is -0.762. The third kappa shape index (κ3) is 2.51. The van der Waals surface area contributed by atoms with E-state index in [0.29, 0.717) is 19.7 Å². The fourth-order valence-electron chi connectivity index (χ4n) is 1.87. The second-order valence-corrected chi connectivity index (χ2v) is 3.85. The summed E-state index contributed by atoms with van der Waals surface area (Å²) in [5.74, 6) is -0.820. The Bertz CT molecular complexity index is 423. The van der Waals surface area contributed by atoms with Crippen molar-refractivity contribution < 1.29 is 24.1 Å². The lowest BCUT2D eigenvalue weighted by Gasteiger charge is -2.33. The molecule has 1 aromatic rings. The second kappa shape index (κ2) is 5.19. The van der Waals surface area contributed by atoms with E-state index < -0.39 is 12.0 Å². The molecule has 0 radical (unpaired) electrons. The van der Waals surface area contributed by atoms with Crippen LogP contribution in [0.2, 0.25) is 0 Å². The third-order valence-electron chi connectivity index (χ3n) is 2.65. The summed E-state index contributed by atoms with van der Waals surface area (Å²) in [5.41, 5.74) is 5.42. The molecule has 9 nitrogen and oxygen atoms in total. The number of nitrogen functional groups attached to an aromatic ring is 1. The van der Waals surface area contributed by atoms with Crippen LogP contribution < -0.4 is 15.5 Å². The maximum atomic E-state index is 11.3. The minimum Gasteiger partial charge on any atom is -0.480 e. The number of piperazine rings is 1. The molecule has 1 atom stereocenters. The first-order valence-electron chi connectivity index (χ1n) is 5.63. The van der Waals surface area contributed by atoms with Gasteiger partial charge in [-0.1, -0.05) is 0 Å². The molecule has 0 saturated carbocycles. The predicted molar refractivity (Wildman–Crippen MR) is 58.8 cm³/mol. The number of hydrogen-bond donors (Lipinski definition) is 2. The highest BCUT2D eigenvalue weighted by molar-refractivity contribution is 5.75. The first-order chi connectivity index (χ1) is 8.61. The molecule has 3 N–H and O–H groups in total. The number of anilines is 1. The van der Waals surface area contributed by atoms with Crippen molar-refractivity contribution in [2.24, 2.45) is 0 Å². The Kier molecular flexibility index (Phi) is 3.63. The van der Waals surface area contributed by atoms with E-state index in [1.54, 1.807) is 10.1 Å². The number of hydrogen-bond acceptors (Lipinski definition) is 7. The second-order valence-electron chi connectivity index (χ2n) is 3.85. The number of carbonyl (C=O) groups is 1. The maximum Gasteiger partial charge on any atom is 0.333 e. The molecule has 100 valence electrons. The quantitative estimate of drug-likeness (QED) is 0.609. The third-order valence-corrected chi connectivity index (χ3v) is 2.65. The highest BCUT2D eigenvalue weighted by atomic mass is 16.7. The SMILES string of the molecule is CCON1CCN([n+]2cc(N)on2)C(C(=O)O)C1. The molecule has 1 aliphatic rings. The van der Waals surface area contributed by atoms with Crippen molar-refractivity contribution in [3.63, 3.8) is 0 Å². The lowest BCUT2D eigenvalue weighted by atomic mass is 10.2. The zero-order valence-electron chi connectivity index (χ0n) is 10.0. The topological polar surface area (TPSA) is 109 Å². The van der Waals surface area contributed by atoms with Crippen LogP contribution in [0.25, 0.3) is 0 Å². The molecule has 0 spiro atoms. The molecule has 1 aliphatic heterocycles. The van der Waals surface area contributed by atoms with Crippen LogP contribution in [0, 0.1) is 0 Å². The minimum absolute atomic E-state index is 0.131. The number of nitrogens with zero attached hydrogens (tertiary/aromatic N) is 4. The van der Waals surface area contributed by atoms with Crippen LogP contribution in [-0.4, -0.2) is 53.7 Å². The van der Waals surface area contributed by atoms with Crippen LogP contribution in [0.3, 0.4) is 0 Å². The zero-order valence-corrected chi connectivity index (χ0v) is 10.0. The minimum atomic E-state index is -0.950. The van der Waals surface area contributed by atoms with Gasteiger partial charge in [-0.25, -0.2) is 4.79 Å². The number of aromatic nitrogens is 2. The molecule has 1 aromatic heterocycles. The van der Waals surface area contributed by atoms with Gasteiger partial charge in [0.05, 0.1) is 24.5 Å². The Labute approximate surface area is 103 Å². The van der Waals surface area contributed by atoms with E-state index in [-0.39, 0.29) is 12.4 Å². The van der Waals surface area contributed by atoms with Gasteiger partial charge in [0, 0.05) is 6.54 Å². The van der Waals surface area contributed by atoms with E-state index >= 15 is 0 Å². The van der Waals surface area contributed by atoms with Crippen LogP contribution in [0.15, 0.2) is 10.7 Å². The molecule has 1 saturated heterocycles. The summed E-state index contributed by atoms with van der Waals surface area (Å²) in [6.07, 6.45) is 1.44. The number of carboxylic acid groups (broad SMARTS) is 1. The number of rotatable bonds is 4. The van der Waals surface area contributed by atoms with Gasteiger partial charge in [0.1, 0.15) is 0 Å². The monoisotopic (exact) mass is 258 g/mol. The Balaban J connectivity index is 2.13. The van der Waals surface area contributed by atoms with Gasteiger partial charge >= 0.3 is 5.97 Å². The van der Waals surface area contributed by atoms with Crippen molar-refractivity contribution in [2.75, 3.05) is 37.0 Å². The van der Waals surface area contributed by atoms with Crippen molar-refractivity contribution in [1.29, 1.82) is 0 Å². The molecular weight excluding hydrogens is 242 g/mol. The normalized spacial score (nSPS) is 21.2. The smallest absolute Gasteiger partial charge is 0.333 e. The highest BCUT2D eigenvalue weighted by Crippen LogP contribution is 2.07. The summed E-state index contributed by atoms with van der Waals surface area (Å²) >= 11 is 0. The predicted octanol–water partition coefficient (Wildman–Crippen LogP) is -1.80. The van der Waals surface area contributed by atoms with E-state index in [4.69, 9.17) is 15.1 Å². The van der Waals surface area contributed by atoms with E-state index in [1.807, 2.05) is 6.92 Å². The van der Waals surface area contributed by atoms with E-state index in [9.17, 15) is 9.90 Å². The van der Waals surface area contributed by atoms with Crippen molar-refractivity contribution >= 4 is 11.9 Å². The van der Waals surface area contributed by atoms with Gasteiger partial charge in [0.2, 0.25) is 5.27 Å². The Morgan fingerprint density at radius 2 is 2.56 bits per heavy atom. The molecule has 1 fully saturated rings. The summed E-state index contributed by atoms with van der Waals surface area (Å²) in [5, 5.41) is 16.1. The van der Waals surface area contributed by atoms with Crippen LogP contribution >= 0.6 is 0 Å². The highest BCUT2D eigenvalue weighted by Gasteiger charge is 2.39. The molecule has 9 heteroatoms. The summed E-state index contributed by atoms with van der Waals surface area (Å²) < 4.78 is 4.73. The first-order valence-corrected chi connectivity index (χ1v) is 5.63. The van der Waals surface area contributed by atoms with Gasteiger partial charge in [-0.3, -0.25) is 9.36 Å². The zero-order chi connectivity index (χ0) is 13.1. The summed E-state index contributed by atoms with van der Waals surface area (Å²) in [4.78, 5) is 17.9. The van der Waals surface area contributed by atoms with Gasteiger partial charge in [0.15, 0.2) is 6.04 Å². The van der Waals surface area contributed by atoms with Crippen molar-refractivity contribution in [3.05, 3.63) is 6.20 Å². The maximum absolute atomic E-state index is 11.3. The van der Waals surface area contributed by atoms with Gasteiger partial charge in [-0.05, 0) is 6.92 Å². The molecular formula is C9H16N5O4+. The average Bonchev–Trinajstić information content (AvgIpc) is 2.76. The van der Waals surface area contributed by atoms with E-state index in [1.165, 1.54) is 11.0 Å². The summed E-state index contributed by atoms with van der Waals surface area (Å²) in [6.45, 7) is 3.65. The Morgan fingerprint density at radius 3 is 3.11 bits per heavy atom.